The lowest BCUT2D eigenvalue weighted by Gasteiger charge is -2.23. The molecule has 6 heteroatoms. The van der Waals surface area contributed by atoms with Gasteiger partial charge in [-0.3, -0.25) is 4.68 Å². The van der Waals surface area contributed by atoms with E-state index in [1.165, 1.54) is 12.8 Å². The van der Waals surface area contributed by atoms with Crippen molar-refractivity contribution in [1.82, 2.24) is 20.4 Å². The summed E-state index contributed by atoms with van der Waals surface area (Å²) in [6, 6.07) is -0.0619. The number of carbonyl (C=O) groups excluding carboxylic acids is 1. The van der Waals surface area contributed by atoms with Crippen LogP contribution in [0.1, 0.15) is 38.7 Å². The van der Waals surface area contributed by atoms with Crippen LogP contribution in [0, 0.1) is 5.92 Å². The highest BCUT2D eigenvalue weighted by molar-refractivity contribution is 5.74. The molecule has 2 atom stereocenters. The summed E-state index contributed by atoms with van der Waals surface area (Å²) in [6.07, 6.45) is 6.95. The van der Waals surface area contributed by atoms with E-state index < -0.39 is 5.60 Å². The number of carbonyl (C=O) groups is 1. The maximum absolute atomic E-state index is 11.8. The van der Waals surface area contributed by atoms with Crippen LogP contribution in [0.4, 0.5) is 4.79 Å². The first-order chi connectivity index (χ1) is 9.37. The number of urea groups is 1. The van der Waals surface area contributed by atoms with E-state index in [-0.39, 0.29) is 18.6 Å². The first kappa shape index (κ1) is 14.8. The predicted octanol–water partition coefficient (Wildman–Crippen LogP) is 1.12. The number of hydrogen-bond donors (Lipinski definition) is 3. The van der Waals surface area contributed by atoms with E-state index in [1.54, 1.807) is 31.0 Å². The molecule has 0 aromatic carbocycles. The molecule has 0 radical (unpaired) electrons. The molecule has 1 aliphatic carbocycles. The number of nitrogens with zero attached hydrogens (tertiary/aromatic N) is 2. The topological polar surface area (TPSA) is 79.2 Å². The summed E-state index contributed by atoms with van der Waals surface area (Å²) >= 11 is 0. The van der Waals surface area contributed by atoms with Crippen molar-refractivity contribution in [1.29, 1.82) is 0 Å². The second-order valence-corrected chi connectivity index (χ2v) is 6.08. The van der Waals surface area contributed by atoms with Gasteiger partial charge in [0.15, 0.2) is 0 Å². The molecule has 1 aromatic rings. The van der Waals surface area contributed by atoms with Gasteiger partial charge in [0.05, 0.1) is 12.7 Å². The molecular weight excluding hydrogens is 256 g/mol. The lowest BCUT2D eigenvalue weighted by molar-refractivity contribution is 0.0592. The van der Waals surface area contributed by atoms with Crippen LogP contribution >= 0.6 is 0 Å². The smallest absolute Gasteiger partial charge is 0.315 e. The van der Waals surface area contributed by atoms with Crippen LogP contribution in [0.5, 0.6) is 0 Å². The van der Waals surface area contributed by atoms with Gasteiger partial charge in [-0.2, -0.15) is 5.10 Å². The maximum Gasteiger partial charge on any atom is 0.315 e. The van der Waals surface area contributed by atoms with Gasteiger partial charge in [-0.05, 0) is 26.2 Å². The zero-order valence-corrected chi connectivity index (χ0v) is 12.4. The molecular formula is C14H24N4O2. The van der Waals surface area contributed by atoms with Crippen LogP contribution in [-0.2, 0) is 12.6 Å². The van der Waals surface area contributed by atoms with Crippen LogP contribution in [0.25, 0.3) is 0 Å². The molecule has 0 aliphatic heterocycles. The van der Waals surface area contributed by atoms with E-state index in [0.29, 0.717) is 5.56 Å². The van der Waals surface area contributed by atoms with Crippen molar-refractivity contribution in [2.45, 2.75) is 44.8 Å². The molecule has 2 unspecified atom stereocenters. The summed E-state index contributed by atoms with van der Waals surface area (Å²) in [6.45, 7) is 3.83. The molecule has 1 fully saturated rings. The average Bonchev–Trinajstić information content (AvgIpc) is 3.05. The highest BCUT2D eigenvalue weighted by Crippen LogP contribution is 2.33. The van der Waals surface area contributed by atoms with Crippen molar-refractivity contribution < 1.29 is 9.90 Å². The third-order valence-electron chi connectivity index (χ3n) is 3.68. The number of nitrogens with one attached hydrogen (secondary N) is 2. The first-order valence-electron chi connectivity index (χ1n) is 7.12. The van der Waals surface area contributed by atoms with Gasteiger partial charge in [-0.15, -0.1) is 0 Å². The van der Waals surface area contributed by atoms with E-state index in [9.17, 15) is 9.90 Å². The quantitative estimate of drug-likeness (QED) is 0.730. The fraction of sp³-hybridized carbons (Fsp3) is 0.714. The van der Waals surface area contributed by atoms with Gasteiger partial charge in [0.1, 0.15) is 5.60 Å². The SMILES string of the molecule is CC(CC1CC1)NC(=O)NCC(C)(O)c1cnn(C)c1. The average molecular weight is 280 g/mol. The fourth-order valence-corrected chi connectivity index (χ4v) is 2.24. The van der Waals surface area contributed by atoms with Crippen molar-refractivity contribution in [3.05, 3.63) is 18.0 Å². The van der Waals surface area contributed by atoms with Crippen LogP contribution in [0.3, 0.4) is 0 Å². The van der Waals surface area contributed by atoms with E-state index in [4.69, 9.17) is 0 Å². The van der Waals surface area contributed by atoms with Gasteiger partial charge in [-0.1, -0.05) is 12.8 Å². The molecule has 6 nitrogen and oxygen atoms in total. The Morgan fingerprint density at radius 3 is 2.90 bits per heavy atom. The molecule has 2 amide bonds. The van der Waals surface area contributed by atoms with Crippen LogP contribution < -0.4 is 10.6 Å². The van der Waals surface area contributed by atoms with Crippen LogP contribution in [0.15, 0.2) is 12.4 Å². The lowest BCUT2D eigenvalue weighted by atomic mass is 10.00. The predicted molar refractivity (Wildman–Crippen MR) is 76.1 cm³/mol. The molecule has 1 saturated carbocycles. The first-order valence-corrected chi connectivity index (χ1v) is 7.12. The third kappa shape index (κ3) is 4.23. The lowest BCUT2D eigenvalue weighted by Crippen LogP contribution is -2.46. The molecule has 0 spiro atoms. The molecule has 1 aliphatic rings. The highest BCUT2D eigenvalue weighted by Gasteiger charge is 2.27. The Kier molecular flexibility index (Phi) is 4.32. The van der Waals surface area contributed by atoms with Crippen molar-refractivity contribution in [3.8, 4) is 0 Å². The minimum Gasteiger partial charge on any atom is -0.383 e. The van der Waals surface area contributed by atoms with E-state index in [1.807, 2.05) is 6.92 Å². The Morgan fingerprint density at radius 2 is 2.35 bits per heavy atom. The summed E-state index contributed by atoms with van der Waals surface area (Å²) in [7, 11) is 1.79. The highest BCUT2D eigenvalue weighted by atomic mass is 16.3. The Labute approximate surface area is 119 Å². The van der Waals surface area contributed by atoms with E-state index in [2.05, 4.69) is 15.7 Å². The summed E-state index contributed by atoms with van der Waals surface area (Å²) < 4.78 is 1.63. The number of aromatic nitrogens is 2. The Hall–Kier alpha value is -1.56. The maximum atomic E-state index is 11.8. The fourth-order valence-electron chi connectivity index (χ4n) is 2.24. The third-order valence-corrected chi connectivity index (χ3v) is 3.68. The van der Waals surface area contributed by atoms with Crippen LogP contribution in [0.2, 0.25) is 0 Å². The summed E-state index contributed by atoms with van der Waals surface area (Å²) in [5, 5.41) is 20.0. The van der Waals surface area contributed by atoms with Crippen molar-refractivity contribution in [2.24, 2.45) is 13.0 Å². The van der Waals surface area contributed by atoms with E-state index >= 15 is 0 Å². The number of aliphatic hydroxyl groups is 1. The summed E-state index contributed by atoms with van der Waals surface area (Å²) in [4.78, 5) is 11.8. The van der Waals surface area contributed by atoms with E-state index in [0.717, 1.165) is 12.3 Å². The molecule has 20 heavy (non-hydrogen) atoms. The zero-order valence-electron chi connectivity index (χ0n) is 12.4. The molecule has 0 saturated heterocycles. The minimum absolute atomic E-state index is 0.153. The Morgan fingerprint density at radius 1 is 1.65 bits per heavy atom. The monoisotopic (exact) mass is 280 g/mol. The number of hydrogen-bond acceptors (Lipinski definition) is 3. The second-order valence-electron chi connectivity index (χ2n) is 6.08. The molecule has 112 valence electrons. The molecule has 0 bridgehead atoms. The molecule has 3 N–H and O–H groups in total. The number of amides is 2. The van der Waals surface area contributed by atoms with Gasteiger partial charge in [0.2, 0.25) is 0 Å². The number of rotatable bonds is 6. The number of aryl methyl sites for hydroxylation is 1. The van der Waals surface area contributed by atoms with Gasteiger partial charge < -0.3 is 15.7 Å². The molecule has 1 heterocycles. The molecule has 1 aromatic heterocycles. The summed E-state index contributed by atoms with van der Waals surface area (Å²) in [5.74, 6) is 0.781. The Balaban J connectivity index is 1.76. The standard InChI is InChI=1S/C14H24N4O2/c1-10(6-11-4-5-11)17-13(19)15-9-14(2,20)12-7-16-18(3)8-12/h7-8,10-11,20H,4-6,9H2,1-3H3,(H2,15,17,19). The van der Waals surface area contributed by atoms with Gasteiger partial charge >= 0.3 is 6.03 Å². The largest absolute Gasteiger partial charge is 0.383 e. The normalized spacial score (nSPS) is 19.2. The summed E-state index contributed by atoms with van der Waals surface area (Å²) in [5.41, 5.74) is -0.433. The van der Waals surface area contributed by atoms with Gasteiger partial charge in [0, 0.05) is 24.8 Å². The minimum atomic E-state index is -1.12. The molecule has 2 rings (SSSR count). The van der Waals surface area contributed by atoms with Crippen LogP contribution in [-0.4, -0.2) is 33.5 Å². The van der Waals surface area contributed by atoms with Gasteiger partial charge in [0.25, 0.3) is 0 Å². The zero-order chi connectivity index (χ0) is 14.8. The second kappa shape index (κ2) is 5.83. The van der Waals surface area contributed by atoms with Crippen molar-refractivity contribution >= 4 is 6.03 Å². The Bertz CT molecular complexity index is 465. The van der Waals surface area contributed by atoms with Crippen molar-refractivity contribution in [3.63, 3.8) is 0 Å². The van der Waals surface area contributed by atoms with Crippen molar-refractivity contribution in [2.75, 3.05) is 6.54 Å². The van der Waals surface area contributed by atoms with Gasteiger partial charge in [-0.25, -0.2) is 4.79 Å².